The number of aromatic nitrogens is 5. The van der Waals surface area contributed by atoms with Gasteiger partial charge in [-0.15, -0.1) is 11.3 Å². The number of nitrogens with zero attached hydrogens (tertiary/aromatic N) is 6. The molecular formula is C18H21N7S. The van der Waals surface area contributed by atoms with E-state index in [0.29, 0.717) is 5.95 Å². The summed E-state index contributed by atoms with van der Waals surface area (Å²) in [4.78, 5) is 25.9. The molecule has 1 aliphatic heterocycles. The normalized spacial score (nSPS) is 18.0. The van der Waals surface area contributed by atoms with Crippen LogP contribution in [0, 0.1) is 6.92 Å². The molecule has 0 aliphatic carbocycles. The monoisotopic (exact) mass is 367 g/mol. The van der Waals surface area contributed by atoms with Crippen LogP contribution in [0.25, 0.3) is 0 Å². The molecule has 4 rings (SSSR count). The van der Waals surface area contributed by atoms with Crippen LogP contribution in [-0.2, 0) is 6.54 Å². The number of rotatable bonds is 5. The molecule has 7 nitrogen and oxygen atoms in total. The van der Waals surface area contributed by atoms with Gasteiger partial charge in [-0.05, 0) is 32.4 Å². The average molecular weight is 367 g/mol. The second-order valence-corrected chi connectivity index (χ2v) is 7.37. The largest absolute Gasteiger partial charge is 0.309 e. The van der Waals surface area contributed by atoms with Gasteiger partial charge in [-0.3, -0.25) is 9.88 Å². The second kappa shape index (κ2) is 7.84. The Balaban J connectivity index is 1.58. The summed E-state index contributed by atoms with van der Waals surface area (Å²) < 4.78 is 0. The SMILES string of the molecule is Cc1cc(Nc2ncccn2)nc(C2CCCCN2Cc2cncs2)n1. The summed E-state index contributed by atoms with van der Waals surface area (Å²) in [5.74, 6) is 2.15. The summed E-state index contributed by atoms with van der Waals surface area (Å²) in [6, 6.07) is 3.94. The molecule has 1 N–H and O–H groups in total. The van der Waals surface area contributed by atoms with Crippen molar-refractivity contribution in [3.05, 3.63) is 52.6 Å². The van der Waals surface area contributed by atoms with Crippen LogP contribution in [0.1, 0.15) is 41.7 Å². The van der Waals surface area contributed by atoms with E-state index in [1.807, 2.05) is 24.7 Å². The highest BCUT2D eigenvalue weighted by atomic mass is 32.1. The Bertz CT molecular complexity index is 838. The Morgan fingerprint density at radius 2 is 2.12 bits per heavy atom. The number of piperidine rings is 1. The fraction of sp³-hybridized carbons (Fsp3) is 0.389. The van der Waals surface area contributed by atoms with Gasteiger partial charge in [0.1, 0.15) is 11.6 Å². The molecule has 1 saturated heterocycles. The molecule has 1 fully saturated rings. The third-order valence-corrected chi connectivity index (χ3v) is 5.20. The topological polar surface area (TPSA) is 79.7 Å². The summed E-state index contributed by atoms with van der Waals surface area (Å²) in [6.45, 7) is 3.96. The van der Waals surface area contributed by atoms with Crippen molar-refractivity contribution in [2.24, 2.45) is 0 Å². The van der Waals surface area contributed by atoms with Gasteiger partial charge < -0.3 is 5.32 Å². The van der Waals surface area contributed by atoms with Crippen LogP contribution in [0.2, 0.25) is 0 Å². The molecule has 0 amide bonds. The molecule has 8 heteroatoms. The van der Waals surface area contributed by atoms with Gasteiger partial charge in [0.2, 0.25) is 5.95 Å². The Labute approximate surface area is 156 Å². The molecule has 0 radical (unpaired) electrons. The lowest BCUT2D eigenvalue weighted by Gasteiger charge is -2.34. The molecule has 3 aromatic heterocycles. The van der Waals surface area contributed by atoms with Gasteiger partial charge in [-0.25, -0.2) is 19.9 Å². The minimum absolute atomic E-state index is 0.225. The van der Waals surface area contributed by atoms with Crippen molar-refractivity contribution in [1.82, 2.24) is 29.8 Å². The van der Waals surface area contributed by atoms with Gasteiger partial charge >= 0.3 is 0 Å². The molecule has 134 valence electrons. The third-order valence-electron chi connectivity index (χ3n) is 4.43. The van der Waals surface area contributed by atoms with Crippen LogP contribution < -0.4 is 5.32 Å². The van der Waals surface area contributed by atoms with Crippen LogP contribution >= 0.6 is 11.3 Å². The number of likely N-dealkylation sites (tertiary alicyclic amines) is 1. The molecule has 0 bridgehead atoms. The Kier molecular flexibility index (Phi) is 5.12. The van der Waals surface area contributed by atoms with Crippen molar-refractivity contribution in [2.45, 2.75) is 38.8 Å². The van der Waals surface area contributed by atoms with Crippen LogP contribution in [0.4, 0.5) is 11.8 Å². The maximum Gasteiger partial charge on any atom is 0.228 e. The number of thiazole rings is 1. The highest BCUT2D eigenvalue weighted by molar-refractivity contribution is 7.09. The summed E-state index contributed by atoms with van der Waals surface area (Å²) in [7, 11) is 0. The van der Waals surface area contributed by atoms with Crippen LogP contribution in [-0.4, -0.2) is 36.4 Å². The minimum atomic E-state index is 0.225. The molecule has 26 heavy (non-hydrogen) atoms. The van der Waals surface area contributed by atoms with Gasteiger partial charge in [-0.1, -0.05) is 6.42 Å². The molecule has 0 spiro atoms. The van der Waals surface area contributed by atoms with E-state index in [2.05, 4.69) is 25.2 Å². The summed E-state index contributed by atoms with van der Waals surface area (Å²) in [5, 5.41) is 3.18. The number of aryl methyl sites for hydroxylation is 1. The lowest BCUT2D eigenvalue weighted by molar-refractivity contribution is 0.135. The lowest BCUT2D eigenvalue weighted by Crippen LogP contribution is -2.34. The van der Waals surface area contributed by atoms with Gasteiger partial charge in [-0.2, -0.15) is 0 Å². The van der Waals surface area contributed by atoms with Crippen molar-refractivity contribution in [1.29, 1.82) is 0 Å². The number of hydrogen-bond donors (Lipinski definition) is 1. The standard InChI is InChI=1S/C18H21N7S/c1-13-9-16(24-18-20-6-4-7-21-18)23-17(22-13)15-5-2-3-8-25(15)11-14-10-19-12-26-14/h4,6-7,9-10,12,15H,2-3,5,8,11H2,1H3,(H,20,21,22,23,24). The zero-order valence-electron chi connectivity index (χ0n) is 14.7. The van der Waals surface area contributed by atoms with E-state index in [0.717, 1.165) is 36.8 Å². The first kappa shape index (κ1) is 17.0. The number of anilines is 2. The van der Waals surface area contributed by atoms with E-state index in [4.69, 9.17) is 9.97 Å². The van der Waals surface area contributed by atoms with Gasteiger partial charge in [0, 0.05) is 41.8 Å². The number of nitrogens with one attached hydrogen (secondary N) is 1. The van der Waals surface area contributed by atoms with Crippen molar-refractivity contribution < 1.29 is 0 Å². The van der Waals surface area contributed by atoms with Crippen molar-refractivity contribution >= 4 is 23.1 Å². The Morgan fingerprint density at radius 3 is 2.92 bits per heavy atom. The quantitative estimate of drug-likeness (QED) is 0.739. The predicted molar refractivity (Wildman–Crippen MR) is 101 cm³/mol. The van der Waals surface area contributed by atoms with Crippen molar-refractivity contribution in [2.75, 3.05) is 11.9 Å². The first-order chi connectivity index (χ1) is 12.8. The van der Waals surface area contributed by atoms with Crippen LogP contribution in [0.15, 0.2) is 36.2 Å². The third kappa shape index (κ3) is 4.03. The van der Waals surface area contributed by atoms with E-state index in [-0.39, 0.29) is 6.04 Å². The van der Waals surface area contributed by atoms with Gasteiger partial charge in [0.25, 0.3) is 0 Å². The fourth-order valence-corrected chi connectivity index (χ4v) is 3.89. The zero-order chi connectivity index (χ0) is 17.8. The first-order valence-corrected chi connectivity index (χ1v) is 9.67. The molecule has 0 aromatic carbocycles. The fourth-order valence-electron chi connectivity index (χ4n) is 3.28. The van der Waals surface area contributed by atoms with Gasteiger partial charge in [0.05, 0.1) is 11.6 Å². The van der Waals surface area contributed by atoms with Crippen molar-refractivity contribution in [3.8, 4) is 0 Å². The Hall–Kier alpha value is -2.45. The minimum Gasteiger partial charge on any atom is -0.309 e. The van der Waals surface area contributed by atoms with E-state index >= 15 is 0 Å². The van der Waals surface area contributed by atoms with Gasteiger partial charge in [0.15, 0.2) is 0 Å². The molecule has 1 atom stereocenters. The van der Waals surface area contributed by atoms with E-state index in [1.54, 1.807) is 29.8 Å². The Morgan fingerprint density at radius 1 is 1.23 bits per heavy atom. The maximum atomic E-state index is 4.78. The molecule has 4 heterocycles. The van der Waals surface area contributed by atoms with E-state index in [1.165, 1.54) is 17.7 Å². The molecule has 3 aromatic rings. The van der Waals surface area contributed by atoms with E-state index < -0.39 is 0 Å². The van der Waals surface area contributed by atoms with E-state index in [9.17, 15) is 0 Å². The summed E-state index contributed by atoms with van der Waals surface area (Å²) >= 11 is 1.70. The van der Waals surface area contributed by atoms with Crippen LogP contribution in [0.3, 0.4) is 0 Å². The molecule has 1 aliphatic rings. The highest BCUT2D eigenvalue weighted by Gasteiger charge is 2.27. The lowest BCUT2D eigenvalue weighted by atomic mass is 10.0. The summed E-state index contributed by atoms with van der Waals surface area (Å²) in [6.07, 6.45) is 8.86. The molecule has 1 unspecified atom stereocenters. The predicted octanol–water partition coefficient (Wildman–Crippen LogP) is 3.50. The van der Waals surface area contributed by atoms with Crippen molar-refractivity contribution in [3.63, 3.8) is 0 Å². The first-order valence-electron chi connectivity index (χ1n) is 8.79. The molecular weight excluding hydrogens is 346 g/mol. The number of hydrogen-bond acceptors (Lipinski definition) is 8. The second-order valence-electron chi connectivity index (χ2n) is 6.40. The van der Waals surface area contributed by atoms with Crippen LogP contribution in [0.5, 0.6) is 0 Å². The average Bonchev–Trinajstić information content (AvgIpc) is 3.16. The molecule has 0 saturated carbocycles. The summed E-state index contributed by atoms with van der Waals surface area (Å²) in [5.41, 5.74) is 2.83. The maximum absolute atomic E-state index is 4.78. The zero-order valence-corrected chi connectivity index (χ0v) is 15.5. The highest BCUT2D eigenvalue weighted by Crippen LogP contribution is 2.31. The smallest absolute Gasteiger partial charge is 0.228 e.